The Balaban J connectivity index is 1.73. The van der Waals surface area contributed by atoms with E-state index in [4.69, 9.17) is 0 Å². The van der Waals surface area contributed by atoms with Gasteiger partial charge in [-0.1, -0.05) is 12.1 Å². The molecular weight excluding hydrogens is 306 g/mol. The van der Waals surface area contributed by atoms with Crippen molar-refractivity contribution in [2.24, 2.45) is 0 Å². The summed E-state index contributed by atoms with van der Waals surface area (Å²) in [6, 6.07) is 8.49. The lowest BCUT2D eigenvalue weighted by molar-refractivity contribution is -0.130. The second-order valence-electron chi connectivity index (χ2n) is 6.67. The number of amides is 2. The van der Waals surface area contributed by atoms with Crippen LogP contribution in [0, 0.1) is 0 Å². The average Bonchev–Trinajstić information content (AvgIpc) is 2.90. The highest BCUT2D eigenvalue weighted by molar-refractivity contribution is 5.96. The summed E-state index contributed by atoms with van der Waals surface area (Å²) in [7, 11) is 1.78. The molecule has 2 saturated heterocycles. The molecule has 2 bridgehead atoms. The van der Waals surface area contributed by atoms with E-state index in [-0.39, 0.29) is 29.3 Å². The number of nitrogens with zero attached hydrogens (tertiary/aromatic N) is 2. The molecule has 0 radical (unpaired) electrons. The van der Waals surface area contributed by atoms with Gasteiger partial charge >= 0.3 is 0 Å². The number of benzene rings is 1. The molecule has 0 unspecified atom stereocenters. The predicted octanol–water partition coefficient (Wildman–Crippen LogP) is 1.36. The monoisotopic (exact) mass is 325 g/mol. The number of likely N-dealkylation sites (tertiary alicyclic amines) is 1. The van der Waals surface area contributed by atoms with E-state index in [0.29, 0.717) is 29.6 Å². The third-order valence-corrected chi connectivity index (χ3v) is 5.14. The summed E-state index contributed by atoms with van der Waals surface area (Å²) in [6.07, 6.45) is 2.09. The lowest BCUT2D eigenvalue weighted by Gasteiger charge is -2.28. The van der Waals surface area contributed by atoms with Crippen molar-refractivity contribution in [3.63, 3.8) is 0 Å². The number of hydrogen-bond acceptors (Lipinski definition) is 3. The van der Waals surface area contributed by atoms with Gasteiger partial charge in [-0.05, 0) is 25.0 Å². The third kappa shape index (κ3) is 2.29. The second kappa shape index (κ2) is 5.47. The number of hydrogen-bond donors (Lipinski definition) is 1. The summed E-state index contributed by atoms with van der Waals surface area (Å²) in [5.41, 5.74) is 0.791. The van der Waals surface area contributed by atoms with E-state index in [1.807, 2.05) is 6.07 Å². The maximum Gasteiger partial charge on any atom is 0.270 e. The molecule has 2 atom stereocenters. The normalized spacial score (nSPS) is 23.6. The zero-order valence-corrected chi connectivity index (χ0v) is 13.5. The van der Waals surface area contributed by atoms with Crippen LogP contribution in [0.4, 0.5) is 0 Å². The van der Waals surface area contributed by atoms with Gasteiger partial charge in [-0.2, -0.15) is 0 Å². The van der Waals surface area contributed by atoms with Crippen molar-refractivity contribution in [2.45, 2.75) is 31.3 Å². The van der Waals surface area contributed by atoms with Crippen LogP contribution in [0.2, 0.25) is 0 Å². The lowest BCUT2D eigenvalue weighted by atomic mass is 10.1. The lowest BCUT2D eigenvalue weighted by Crippen LogP contribution is -2.43. The highest BCUT2D eigenvalue weighted by Crippen LogP contribution is 2.31. The molecule has 2 aliphatic rings. The number of rotatable bonds is 1. The Hall–Kier alpha value is -2.63. The van der Waals surface area contributed by atoms with Crippen molar-refractivity contribution in [2.75, 3.05) is 13.6 Å². The quantitative estimate of drug-likeness (QED) is 0.860. The number of pyridine rings is 1. The fourth-order valence-corrected chi connectivity index (χ4v) is 3.90. The van der Waals surface area contributed by atoms with Crippen molar-refractivity contribution < 1.29 is 9.59 Å². The standard InChI is InChI=1S/C18H19N3O3/c1-20-10-12-7-6-11(8-17(20)23)21(12)18(24)15-9-16(22)13-4-2-3-5-14(13)19-15/h2-5,9,11-12H,6-8,10H2,1H3,(H,19,22)/t11-,12+/m1/s1. The van der Waals surface area contributed by atoms with Crippen LogP contribution in [0.15, 0.2) is 35.1 Å². The Morgan fingerprint density at radius 3 is 2.75 bits per heavy atom. The van der Waals surface area contributed by atoms with Gasteiger partial charge in [-0.15, -0.1) is 0 Å². The molecule has 24 heavy (non-hydrogen) atoms. The molecule has 2 aliphatic heterocycles. The van der Waals surface area contributed by atoms with E-state index < -0.39 is 0 Å². The third-order valence-electron chi connectivity index (χ3n) is 5.14. The fourth-order valence-electron chi connectivity index (χ4n) is 3.90. The zero-order chi connectivity index (χ0) is 16.8. The van der Waals surface area contributed by atoms with Gasteiger partial charge in [0, 0.05) is 43.0 Å². The number of aromatic amines is 1. The second-order valence-corrected chi connectivity index (χ2v) is 6.67. The molecule has 124 valence electrons. The van der Waals surface area contributed by atoms with E-state index >= 15 is 0 Å². The minimum Gasteiger partial charge on any atom is -0.350 e. The van der Waals surface area contributed by atoms with Crippen molar-refractivity contribution in [1.29, 1.82) is 0 Å². The van der Waals surface area contributed by atoms with Crippen molar-refractivity contribution in [3.05, 3.63) is 46.2 Å². The molecule has 0 aliphatic carbocycles. The highest BCUT2D eigenvalue weighted by Gasteiger charge is 2.42. The molecule has 2 fully saturated rings. The summed E-state index contributed by atoms with van der Waals surface area (Å²) in [6.45, 7) is 0.554. The molecule has 6 heteroatoms. The van der Waals surface area contributed by atoms with Crippen LogP contribution in [-0.2, 0) is 4.79 Å². The molecule has 2 amide bonds. The van der Waals surface area contributed by atoms with Crippen LogP contribution in [0.25, 0.3) is 10.9 Å². The van der Waals surface area contributed by atoms with Crippen LogP contribution in [-0.4, -0.2) is 52.3 Å². The number of likely N-dealkylation sites (N-methyl/N-ethyl adjacent to an activating group) is 1. The summed E-state index contributed by atoms with van der Waals surface area (Å²) in [5, 5.41) is 0.572. The Morgan fingerprint density at radius 2 is 1.92 bits per heavy atom. The Bertz CT molecular complexity index is 888. The SMILES string of the molecule is CN1C[C@@H]2CC[C@H](CC1=O)N2C(=O)c1cc(=O)c2ccccc2[nH]1. The van der Waals surface area contributed by atoms with Crippen LogP contribution in [0.5, 0.6) is 0 Å². The first-order valence-corrected chi connectivity index (χ1v) is 8.23. The number of aromatic nitrogens is 1. The minimum atomic E-state index is -0.187. The summed E-state index contributed by atoms with van der Waals surface area (Å²) in [5.74, 6) is -0.111. The van der Waals surface area contributed by atoms with Crippen LogP contribution >= 0.6 is 0 Å². The molecule has 1 N–H and O–H groups in total. The number of nitrogens with one attached hydrogen (secondary N) is 1. The summed E-state index contributed by atoms with van der Waals surface area (Å²) >= 11 is 0. The number of para-hydroxylation sites is 1. The maximum atomic E-state index is 13.0. The van der Waals surface area contributed by atoms with Crippen LogP contribution in [0.1, 0.15) is 29.8 Å². The van der Waals surface area contributed by atoms with Crippen molar-refractivity contribution in [3.8, 4) is 0 Å². The largest absolute Gasteiger partial charge is 0.350 e. The summed E-state index contributed by atoms with van der Waals surface area (Å²) < 4.78 is 0. The Kier molecular flexibility index (Phi) is 3.40. The van der Waals surface area contributed by atoms with Crippen molar-refractivity contribution >= 4 is 22.7 Å². The van der Waals surface area contributed by atoms with Gasteiger partial charge in [-0.3, -0.25) is 14.4 Å². The predicted molar refractivity (Wildman–Crippen MR) is 89.8 cm³/mol. The minimum absolute atomic E-state index is 0.0222. The Morgan fingerprint density at radius 1 is 1.17 bits per heavy atom. The average molecular weight is 325 g/mol. The van der Waals surface area contributed by atoms with Crippen LogP contribution in [0.3, 0.4) is 0 Å². The van der Waals surface area contributed by atoms with Crippen LogP contribution < -0.4 is 5.43 Å². The first kappa shape index (κ1) is 14.9. The molecule has 2 aromatic rings. The number of fused-ring (bicyclic) bond motifs is 3. The van der Waals surface area contributed by atoms with Gasteiger partial charge in [0.25, 0.3) is 5.91 Å². The van der Waals surface area contributed by atoms with Gasteiger partial charge in [-0.25, -0.2) is 0 Å². The van der Waals surface area contributed by atoms with Gasteiger partial charge in [0.2, 0.25) is 5.91 Å². The van der Waals surface area contributed by atoms with Gasteiger partial charge in [0.15, 0.2) is 5.43 Å². The fraction of sp³-hybridized carbons (Fsp3) is 0.389. The first-order chi connectivity index (χ1) is 11.5. The number of H-pyrrole nitrogens is 1. The van der Waals surface area contributed by atoms with E-state index in [1.165, 1.54) is 6.07 Å². The molecule has 6 nitrogen and oxygen atoms in total. The number of carbonyl (C=O) groups is 2. The van der Waals surface area contributed by atoms with Crippen molar-refractivity contribution in [1.82, 2.24) is 14.8 Å². The molecule has 0 saturated carbocycles. The topological polar surface area (TPSA) is 73.5 Å². The molecular formula is C18H19N3O3. The number of carbonyl (C=O) groups excluding carboxylic acids is 2. The van der Waals surface area contributed by atoms with E-state index in [0.717, 1.165) is 12.8 Å². The van der Waals surface area contributed by atoms with Gasteiger partial charge in [0.1, 0.15) is 5.69 Å². The molecule has 3 heterocycles. The van der Waals surface area contributed by atoms with Gasteiger partial charge < -0.3 is 14.8 Å². The first-order valence-electron chi connectivity index (χ1n) is 8.23. The Labute approximate surface area is 139 Å². The summed E-state index contributed by atoms with van der Waals surface area (Å²) in [4.78, 5) is 44.0. The zero-order valence-electron chi connectivity index (χ0n) is 13.5. The smallest absolute Gasteiger partial charge is 0.270 e. The van der Waals surface area contributed by atoms with Gasteiger partial charge in [0.05, 0.1) is 6.04 Å². The molecule has 0 spiro atoms. The molecule has 1 aromatic heterocycles. The van der Waals surface area contributed by atoms with E-state index in [9.17, 15) is 14.4 Å². The molecule has 1 aromatic carbocycles. The maximum absolute atomic E-state index is 13.0. The highest BCUT2D eigenvalue weighted by atomic mass is 16.2. The van der Waals surface area contributed by atoms with E-state index in [2.05, 4.69) is 4.98 Å². The molecule has 4 rings (SSSR count). The van der Waals surface area contributed by atoms with E-state index in [1.54, 1.807) is 35.0 Å².